The van der Waals surface area contributed by atoms with E-state index in [0.717, 1.165) is 0 Å². The SMILES string of the molecule is CC(F)(F)C(F)(F)C(F)N(F)F. The van der Waals surface area contributed by atoms with Gasteiger partial charge in [0.05, 0.1) is 5.34 Å². The van der Waals surface area contributed by atoms with Crippen LogP contribution >= 0.6 is 0 Å². The molecule has 0 aliphatic heterocycles. The Morgan fingerprint density at radius 3 is 1.50 bits per heavy atom. The van der Waals surface area contributed by atoms with E-state index in [1.807, 2.05) is 0 Å². The minimum atomic E-state index is -5.41. The fourth-order valence-corrected chi connectivity index (χ4v) is 0.332. The van der Waals surface area contributed by atoms with Gasteiger partial charge in [-0.25, -0.2) is 13.2 Å². The van der Waals surface area contributed by atoms with Gasteiger partial charge in [0.2, 0.25) is 0 Å². The van der Waals surface area contributed by atoms with E-state index < -0.39 is 23.5 Å². The molecule has 0 aromatic carbocycles. The summed E-state index contributed by atoms with van der Waals surface area (Å²) in [5.74, 6) is -10.2. The van der Waals surface area contributed by atoms with Crippen molar-refractivity contribution < 1.29 is 30.9 Å². The standard InChI is InChI=1S/C4H4F7N/c1-3(6,7)4(8,9)2(5)12(10)11/h2H,1H3. The van der Waals surface area contributed by atoms with Gasteiger partial charge in [0, 0.05) is 6.92 Å². The second-order valence-corrected chi connectivity index (χ2v) is 2.11. The van der Waals surface area contributed by atoms with Crippen molar-refractivity contribution in [1.29, 1.82) is 0 Å². The quantitative estimate of drug-likeness (QED) is 0.383. The highest BCUT2D eigenvalue weighted by atomic mass is 19.4. The lowest BCUT2D eigenvalue weighted by Crippen LogP contribution is -2.49. The minimum Gasteiger partial charge on any atom is -0.217 e. The second kappa shape index (κ2) is 3.08. The number of hydrogen-bond acceptors (Lipinski definition) is 1. The molecule has 1 unspecified atom stereocenters. The molecule has 0 aromatic rings. The van der Waals surface area contributed by atoms with E-state index in [2.05, 4.69) is 0 Å². The zero-order valence-electron chi connectivity index (χ0n) is 5.67. The average molecular weight is 199 g/mol. The zero-order chi connectivity index (χ0) is 10.2. The van der Waals surface area contributed by atoms with E-state index in [0.29, 0.717) is 0 Å². The molecule has 0 amide bonds. The van der Waals surface area contributed by atoms with Crippen molar-refractivity contribution >= 4 is 0 Å². The number of rotatable bonds is 3. The molecule has 0 heterocycles. The van der Waals surface area contributed by atoms with E-state index in [1.165, 1.54) is 0 Å². The molecule has 0 rings (SSSR count). The molecule has 1 nitrogen and oxygen atoms in total. The van der Waals surface area contributed by atoms with Gasteiger partial charge in [-0.15, -0.1) is 0 Å². The van der Waals surface area contributed by atoms with Crippen LogP contribution in [0.5, 0.6) is 0 Å². The van der Waals surface area contributed by atoms with Gasteiger partial charge in [-0.2, -0.15) is 8.78 Å². The molecule has 1 atom stereocenters. The first-order chi connectivity index (χ1) is 5.10. The van der Waals surface area contributed by atoms with Crippen molar-refractivity contribution in [1.82, 2.24) is 5.34 Å². The van der Waals surface area contributed by atoms with Crippen molar-refractivity contribution in [3.63, 3.8) is 0 Å². The molecule has 0 radical (unpaired) electrons. The van der Waals surface area contributed by atoms with Gasteiger partial charge >= 0.3 is 11.8 Å². The molecule has 0 aliphatic rings. The third kappa shape index (κ3) is 1.99. The molecular weight excluding hydrogens is 195 g/mol. The molecule has 74 valence electrons. The van der Waals surface area contributed by atoms with Crippen molar-refractivity contribution in [2.24, 2.45) is 0 Å². The van der Waals surface area contributed by atoms with Crippen LogP contribution in [0.15, 0.2) is 0 Å². The monoisotopic (exact) mass is 199 g/mol. The number of hydrogen-bond donors (Lipinski definition) is 0. The van der Waals surface area contributed by atoms with E-state index in [1.54, 1.807) is 0 Å². The Hall–Kier alpha value is -0.530. The van der Waals surface area contributed by atoms with Gasteiger partial charge in [-0.05, 0) is 0 Å². The second-order valence-electron chi connectivity index (χ2n) is 2.11. The van der Waals surface area contributed by atoms with Gasteiger partial charge in [-0.1, -0.05) is 8.96 Å². The van der Waals surface area contributed by atoms with Crippen LogP contribution in [0.25, 0.3) is 0 Å². The summed E-state index contributed by atoms with van der Waals surface area (Å²) in [7, 11) is 0. The first-order valence-electron chi connectivity index (χ1n) is 2.61. The minimum absolute atomic E-state index is 0.344. The summed E-state index contributed by atoms with van der Waals surface area (Å²) in [6.45, 7) is -0.344. The van der Waals surface area contributed by atoms with Crippen LogP contribution < -0.4 is 0 Å². The molecule has 8 heteroatoms. The summed E-state index contributed by atoms with van der Waals surface area (Å²) >= 11 is 0. The predicted octanol–water partition coefficient (Wildman–Crippen LogP) is 2.64. The molecule has 0 saturated carbocycles. The first kappa shape index (κ1) is 11.5. The Morgan fingerprint density at radius 1 is 1.08 bits per heavy atom. The topological polar surface area (TPSA) is 3.24 Å². The fourth-order valence-electron chi connectivity index (χ4n) is 0.332. The Balaban J connectivity index is 4.61. The highest BCUT2D eigenvalue weighted by Crippen LogP contribution is 2.39. The van der Waals surface area contributed by atoms with Gasteiger partial charge in [0.1, 0.15) is 0 Å². The molecule has 12 heavy (non-hydrogen) atoms. The molecule has 0 aromatic heterocycles. The van der Waals surface area contributed by atoms with E-state index in [4.69, 9.17) is 0 Å². The van der Waals surface area contributed by atoms with Crippen molar-refractivity contribution in [3.05, 3.63) is 0 Å². The molecule has 0 N–H and O–H groups in total. The molecule has 0 aliphatic carbocycles. The summed E-state index contributed by atoms with van der Waals surface area (Å²) in [6.07, 6.45) is -4.31. The maximum absolute atomic E-state index is 11.9. The number of halogens is 7. The van der Waals surface area contributed by atoms with Crippen LogP contribution in [0.4, 0.5) is 30.9 Å². The fraction of sp³-hybridized carbons (Fsp3) is 1.00. The van der Waals surface area contributed by atoms with Gasteiger partial charge < -0.3 is 0 Å². The third-order valence-corrected chi connectivity index (χ3v) is 1.06. The largest absolute Gasteiger partial charge is 0.358 e. The normalized spacial score (nSPS) is 16.8. The van der Waals surface area contributed by atoms with Crippen molar-refractivity contribution in [2.75, 3.05) is 0 Å². The van der Waals surface area contributed by atoms with Gasteiger partial charge in [0.25, 0.3) is 6.30 Å². The Bertz CT molecular complexity index is 150. The van der Waals surface area contributed by atoms with Gasteiger partial charge in [-0.3, -0.25) is 0 Å². The lowest BCUT2D eigenvalue weighted by molar-refractivity contribution is -0.331. The Kier molecular flexibility index (Phi) is 2.94. The van der Waals surface area contributed by atoms with Crippen molar-refractivity contribution in [2.45, 2.75) is 25.1 Å². The van der Waals surface area contributed by atoms with Crippen LogP contribution in [0.3, 0.4) is 0 Å². The number of nitrogens with zero attached hydrogens (tertiary/aromatic N) is 1. The van der Waals surface area contributed by atoms with E-state index >= 15 is 0 Å². The lowest BCUT2D eigenvalue weighted by atomic mass is 10.2. The van der Waals surface area contributed by atoms with E-state index in [9.17, 15) is 30.9 Å². The highest BCUT2D eigenvalue weighted by molar-refractivity contribution is 4.84. The predicted molar refractivity (Wildman–Crippen MR) is 24.5 cm³/mol. The maximum atomic E-state index is 11.9. The molecule has 0 bridgehead atoms. The first-order valence-corrected chi connectivity index (χ1v) is 2.61. The Labute approximate surface area is 62.6 Å². The molecule has 0 spiro atoms. The average Bonchev–Trinajstić information content (AvgIpc) is 1.83. The van der Waals surface area contributed by atoms with E-state index in [-0.39, 0.29) is 6.92 Å². The molecule has 0 saturated heterocycles. The maximum Gasteiger partial charge on any atom is 0.358 e. The van der Waals surface area contributed by atoms with Crippen LogP contribution in [-0.4, -0.2) is 23.5 Å². The van der Waals surface area contributed by atoms with Gasteiger partial charge in [0.15, 0.2) is 0 Å². The molecule has 0 fully saturated rings. The third-order valence-electron chi connectivity index (χ3n) is 1.06. The van der Waals surface area contributed by atoms with Crippen molar-refractivity contribution in [3.8, 4) is 0 Å². The summed E-state index contributed by atoms with van der Waals surface area (Å²) in [5, 5.41) is -2.60. The smallest absolute Gasteiger partial charge is 0.217 e. The summed E-state index contributed by atoms with van der Waals surface area (Å²) < 4.78 is 81.3. The highest BCUT2D eigenvalue weighted by Gasteiger charge is 2.61. The lowest BCUT2D eigenvalue weighted by Gasteiger charge is -2.25. The van der Waals surface area contributed by atoms with Crippen LogP contribution in [0.1, 0.15) is 6.92 Å². The number of alkyl halides is 5. The van der Waals surface area contributed by atoms with Crippen LogP contribution in [0, 0.1) is 0 Å². The Morgan fingerprint density at radius 2 is 1.42 bits per heavy atom. The summed E-state index contributed by atoms with van der Waals surface area (Å²) in [4.78, 5) is 0. The zero-order valence-corrected chi connectivity index (χ0v) is 5.67. The summed E-state index contributed by atoms with van der Waals surface area (Å²) in [5.41, 5.74) is 0. The van der Waals surface area contributed by atoms with Crippen LogP contribution in [-0.2, 0) is 0 Å². The molecular formula is C4H4F7N. The summed E-state index contributed by atoms with van der Waals surface area (Å²) in [6, 6.07) is 0. The van der Waals surface area contributed by atoms with Crippen LogP contribution in [0.2, 0.25) is 0 Å².